The van der Waals surface area contributed by atoms with Gasteiger partial charge in [0.15, 0.2) is 0 Å². The summed E-state index contributed by atoms with van der Waals surface area (Å²) in [5.41, 5.74) is 2.30. The Balaban J connectivity index is 1.52. The molecule has 5 heteroatoms. The van der Waals surface area contributed by atoms with E-state index in [2.05, 4.69) is 39.8 Å². The molecule has 0 spiro atoms. The first-order valence-corrected chi connectivity index (χ1v) is 9.20. The van der Waals surface area contributed by atoms with Crippen molar-refractivity contribution in [1.82, 2.24) is 15.5 Å². The van der Waals surface area contributed by atoms with E-state index in [1.54, 1.807) is 7.11 Å². The molecule has 2 aromatic rings. The molecule has 26 heavy (non-hydrogen) atoms. The van der Waals surface area contributed by atoms with Crippen LogP contribution in [0.25, 0.3) is 0 Å². The van der Waals surface area contributed by atoms with Gasteiger partial charge < -0.3 is 15.4 Å². The molecular formula is C21H27N3O2. The van der Waals surface area contributed by atoms with Crippen molar-refractivity contribution < 1.29 is 9.53 Å². The molecule has 0 aromatic heterocycles. The molecular weight excluding hydrogens is 326 g/mol. The quantitative estimate of drug-likeness (QED) is 0.803. The molecule has 1 fully saturated rings. The third-order valence-electron chi connectivity index (χ3n) is 4.83. The van der Waals surface area contributed by atoms with E-state index in [0.717, 1.165) is 24.4 Å². The first-order chi connectivity index (χ1) is 12.8. The fraction of sp³-hybridized carbons (Fsp3) is 0.381. The van der Waals surface area contributed by atoms with Gasteiger partial charge in [-0.2, -0.15) is 0 Å². The van der Waals surface area contributed by atoms with E-state index < -0.39 is 0 Å². The molecule has 1 saturated heterocycles. The van der Waals surface area contributed by atoms with Gasteiger partial charge in [-0.3, -0.25) is 4.90 Å². The van der Waals surface area contributed by atoms with Crippen LogP contribution in [0.5, 0.6) is 5.75 Å². The molecule has 0 bridgehead atoms. The van der Waals surface area contributed by atoms with Gasteiger partial charge in [-0.05, 0) is 49.2 Å². The normalized spacial score (nSPS) is 15.4. The number of carbonyl (C=O) groups is 1. The lowest BCUT2D eigenvalue weighted by Gasteiger charge is -2.28. The van der Waals surface area contributed by atoms with Crippen molar-refractivity contribution in [2.45, 2.75) is 25.4 Å². The third-order valence-corrected chi connectivity index (χ3v) is 4.83. The Hall–Kier alpha value is -2.53. The SMILES string of the molecule is COc1ccc(CNC(=O)NCC(c2ccccc2)N2CCCC2)cc1. The molecule has 1 aliphatic rings. The van der Waals surface area contributed by atoms with Gasteiger partial charge in [0.05, 0.1) is 13.2 Å². The molecule has 2 N–H and O–H groups in total. The van der Waals surface area contributed by atoms with E-state index in [0.29, 0.717) is 13.1 Å². The topological polar surface area (TPSA) is 53.6 Å². The van der Waals surface area contributed by atoms with Crippen LogP contribution in [-0.4, -0.2) is 37.7 Å². The van der Waals surface area contributed by atoms with Crippen molar-refractivity contribution >= 4 is 6.03 Å². The molecule has 0 aliphatic carbocycles. The molecule has 1 unspecified atom stereocenters. The van der Waals surface area contributed by atoms with Gasteiger partial charge in [0.1, 0.15) is 5.75 Å². The van der Waals surface area contributed by atoms with Crippen LogP contribution in [0.1, 0.15) is 30.0 Å². The molecule has 1 atom stereocenters. The minimum Gasteiger partial charge on any atom is -0.497 e. The summed E-state index contributed by atoms with van der Waals surface area (Å²) in [6, 6.07) is 18.2. The minimum absolute atomic E-state index is 0.138. The number of nitrogens with zero attached hydrogens (tertiary/aromatic N) is 1. The van der Waals surface area contributed by atoms with Crippen molar-refractivity contribution in [3.8, 4) is 5.75 Å². The number of methoxy groups -OCH3 is 1. The van der Waals surface area contributed by atoms with Crippen molar-refractivity contribution in [3.63, 3.8) is 0 Å². The standard InChI is InChI=1S/C21H27N3O2/c1-26-19-11-9-17(10-12-19)15-22-21(25)23-16-20(24-13-5-6-14-24)18-7-3-2-4-8-18/h2-4,7-12,20H,5-6,13-16H2,1H3,(H2,22,23,25). The Morgan fingerprint density at radius 1 is 1.04 bits per heavy atom. The average molecular weight is 353 g/mol. The van der Waals surface area contributed by atoms with Gasteiger partial charge in [-0.1, -0.05) is 42.5 Å². The van der Waals surface area contributed by atoms with E-state index in [1.165, 1.54) is 18.4 Å². The number of ether oxygens (including phenoxy) is 1. The highest BCUT2D eigenvalue weighted by atomic mass is 16.5. The van der Waals surface area contributed by atoms with Crippen LogP contribution in [0, 0.1) is 0 Å². The number of urea groups is 1. The minimum atomic E-state index is -0.138. The van der Waals surface area contributed by atoms with E-state index >= 15 is 0 Å². The Morgan fingerprint density at radius 3 is 2.38 bits per heavy atom. The first kappa shape index (κ1) is 18.3. The fourth-order valence-corrected chi connectivity index (χ4v) is 3.36. The Morgan fingerprint density at radius 2 is 1.73 bits per heavy atom. The number of nitrogens with one attached hydrogen (secondary N) is 2. The summed E-state index contributed by atoms with van der Waals surface area (Å²) >= 11 is 0. The summed E-state index contributed by atoms with van der Waals surface area (Å²) < 4.78 is 5.15. The molecule has 5 nitrogen and oxygen atoms in total. The van der Waals surface area contributed by atoms with Gasteiger partial charge in [0.2, 0.25) is 0 Å². The van der Waals surface area contributed by atoms with E-state index in [1.807, 2.05) is 30.3 Å². The number of carbonyl (C=O) groups excluding carboxylic acids is 1. The van der Waals surface area contributed by atoms with E-state index in [-0.39, 0.29) is 12.1 Å². The molecule has 2 aromatic carbocycles. The van der Waals surface area contributed by atoms with Crippen molar-refractivity contribution in [2.24, 2.45) is 0 Å². The number of amides is 2. The highest BCUT2D eigenvalue weighted by molar-refractivity contribution is 5.73. The zero-order chi connectivity index (χ0) is 18.2. The molecule has 2 amide bonds. The lowest BCUT2D eigenvalue weighted by Crippen LogP contribution is -2.41. The van der Waals surface area contributed by atoms with Gasteiger partial charge >= 0.3 is 6.03 Å². The summed E-state index contributed by atoms with van der Waals surface area (Å²) in [5, 5.41) is 5.96. The van der Waals surface area contributed by atoms with Crippen LogP contribution >= 0.6 is 0 Å². The lowest BCUT2D eigenvalue weighted by molar-refractivity contribution is 0.220. The highest BCUT2D eigenvalue weighted by Gasteiger charge is 2.23. The van der Waals surface area contributed by atoms with Crippen LogP contribution < -0.4 is 15.4 Å². The maximum absolute atomic E-state index is 12.2. The smallest absolute Gasteiger partial charge is 0.315 e. The van der Waals surface area contributed by atoms with E-state index in [4.69, 9.17) is 4.74 Å². The third kappa shape index (κ3) is 4.99. The summed E-state index contributed by atoms with van der Waals surface area (Å²) in [7, 11) is 1.64. The predicted octanol–water partition coefficient (Wildman–Crippen LogP) is 3.33. The van der Waals surface area contributed by atoms with Gasteiger partial charge in [-0.15, -0.1) is 0 Å². The van der Waals surface area contributed by atoms with E-state index in [9.17, 15) is 4.79 Å². The summed E-state index contributed by atoms with van der Waals surface area (Å²) in [6.45, 7) is 3.29. The largest absolute Gasteiger partial charge is 0.497 e. The highest BCUT2D eigenvalue weighted by Crippen LogP contribution is 2.24. The number of hydrogen-bond acceptors (Lipinski definition) is 3. The monoisotopic (exact) mass is 353 g/mol. The molecule has 1 heterocycles. The summed E-state index contributed by atoms with van der Waals surface area (Å²) in [4.78, 5) is 14.7. The van der Waals surface area contributed by atoms with Crippen LogP contribution in [0.4, 0.5) is 4.79 Å². The molecule has 0 saturated carbocycles. The van der Waals surface area contributed by atoms with Crippen molar-refractivity contribution in [3.05, 3.63) is 65.7 Å². The maximum atomic E-state index is 12.2. The van der Waals surface area contributed by atoms with Gasteiger partial charge in [0, 0.05) is 13.1 Å². The molecule has 3 rings (SSSR count). The second-order valence-corrected chi connectivity index (χ2v) is 6.58. The zero-order valence-electron chi connectivity index (χ0n) is 15.3. The Bertz CT molecular complexity index is 682. The molecule has 0 radical (unpaired) electrons. The number of rotatable bonds is 7. The number of likely N-dealkylation sites (tertiary alicyclic amines) is 1. The predicted molar refractivity (Wildman–Crippen MR) is 103 cm³/mol. The zero-order valence-corrected chi connectivity index (χ0v) is 15.3. The fourth-order valence-electron chi connectivity index (χ4n) is 3.36. The number of hydrogen-bond donors (Lipinski definition) is 2. The van der Waals surface area contributed by atoms with Crippen LogP contribution in [0.3, 0.4) is 0 Å². The van der Waals surface area contributed by atoms with Crippen molar-refractivity contribution in [2.75, 3.05) is 26.7 Å². The second-order valence-electron chi connectivity index (χ2n) is 6.58. The second kappa shape index (κ2) is 9.25. The van der Waals surface area contributed by atoms with Gasteiger partial charge in [0.25, 0.3) is 0 Å². The first-order valence-electron chi connectivity index (χ1n) is 9.20. The maximum Gasteiger partial charge on any atom is 0.315 e. The van der Waals surface area contributed by atoms with Gasteiger partial charge in [-0.25, -0.2) is 4.79 Å². The molecule has 1 aliphatic heterocycles. The lowest BCUT2D eigenvalue weighted by atomic mass is 10.1. The Kier molecular flexibility index (Phi) is 6.50. The molecule has 138 valence electrons. The van der Waals surface area contributed by atoms with Crippen LogP contribution in [0.2, 0.25) is 0 Å². The summed E-state index contributed by atoms with van der Waals surface area (Å²) in [6.07, 6.45) is 2.46. The van der Waals surface area contributed by atoms with Crippen LogP contribution in [-0.2, 0) is 6.54 Å². The average Bonchev–Trinajstić information content (AvgIpc) is 3.22. The van der Waals surface area contributed by atoms with Crippen LogP contribution in [0.15, 0.2) is 54.6 Å². The van der Waals surface area contributed by atoms with Crippen molar-refractivity contribution in [1.29, 1.82) is 0 Å². The Labute approximate surface area is 155 Å². The summed E-state index contributed by atoms with van der Waals surface area (Å²) in [5.74, 6) is 0.814. The number of benzene rings is 2.